The maximum absolute atomic E-state index is 12.0. The van der Waals surface area contributed by atoms with E-state index in [1.54, 1.807) is 0 Å². The van der Waals surface area contributed by atoms with Crippen LogP contribution >= 0.6 is 0 Å². The van der Waals surface area contributed by atoms with Crippen molar-refractivity contribution in [3.8, 4) is 0 Å². The van der Waals surface area contributed by atoms with Crippen LogP contribution in [0.25, 0.3) is 0 Å². The first kappa shape index (κ1) is 12.4. The summed E-state index contributed by atoms with van der Waals surface area (Å²) in [6.07, 6.45) is 4.38. The lowest BCUT2D eigenvalue weighted by Crippen LogP contribution is -2.50. The third kappa shape index (κ3) is 1.95. The second-order valence-corrected chi connectivity index (χ2v) is 6.32. The molecule has 18 heavy (non-hydrogen) atoms. The summed E-state index contributed by atoms with van der Waals surface area (Å²) in [7, 11) is 0. The maximum atomic E-state index is 12.0. The zero-order valence-electron chi connectivity index (χ0n) is 11.3. The van der Waals surface area contributed by atoms with Gasteiger partial charge < -0.3 is 10.6 Å². The Labute approximate surface area is 109 Å². The lowest BCUT2D eigenvalue weighted by molar-refractivity contribution is -0.127. The van der Waals surface area contributed by atoms with Crippen LogP contribution in [0.15, 0.2) is 0 Å². The summed E-state index contributed by atoms with van der Waals surface area (Å²) >= 11 is 0. The number of likely N-dealkylation sites (tertiary alicyclic amines) is 1. The van der Waals surface area contributed by atoms with Gasteiger partial charge in [-0.15, -0.1) is 0 Å². The highest BCUT2D eigenvalue weighted by Crippen LogP contribution is 2.35. The number of hydrogen-bond donors (Lipinski definition) is 1. The molecule has 0 aromatic rings. The van der Waals surface area contributed by atoms with Crippen LogP contribution in [-0.2, 0) is 4.79 Å². The lowest BCUT2D eigenvalue weighted by Gasteiger charge is -2.41. The zero-order valence-corrected chi connectivity index (χ0v) is 11.3. The number of rotatable bonds is 2. The van der Waals surface area contributed by atoms with E-state index in [4.69, 9.17) is 5.73 Å². The van der Waals surface area contributed by atoms with Crippen LogP contribution in [0.4, 0.5) is 0 Å². The van der Waals surface area contributed by atoms with Gasteiger partial charge in [-0.2, -0.15) is 0 Å². The first-order chi connectivity index (χ1) is 8.70. The fraction of sp³-hybridized carbons (Fsp3) is 0.929. The van der Waals surface area contributed by atoms with E-state index in [2.05, 4.69) is 16.7 Å². The molecule has 3 saturated heterocycles. The fourth-order valence-electron chi connectivity index (χ4n) is 4.09. The summed E-state index contributed by atoms with van der Waals surface area (Å²) in [6, 6.07) is 0.978. The Hall–Kier alpha value is -0.610. The quantitative estimate of drug-likeness (QED) is 0.784. The molecule has 3 fully saturated rings. The molecule has 0 aliphatic carbocycles. The molecular formula is C14H25N3O. The number of carbonyl (C=O) groups excluding carboxylic acids is 1. The van der Waals surface area contributed by atoms with Crippen molar-refractivity contribution in [2.45, 2.75) is 44.7 Å². The summed E-state index contributed by atoms with van der Waals surface area (Å²) in [4.78, 5) is 16.7. The smallest absolute Gasteiger partial charge is 0.224 e. The first-order valence-electron chi connectivity index (χ1n) is 7.44. The third-order valence-corrected chi connectivity index (χ3v) is 5.36. The van der Waals surface area contributed by atoms with Gasteiger partial charge >= 0.3 is 0 Å². The normalized spacial score (nSPS) is 41.4. The van der Waals surface area contributed by atoms with Crippen molar-refractivity contribution in [2.75, 3.05) is 26.2 Å². The molecule has 0 radical (unpaired) electrons. The van der Waals surface area contributed by atoms with Gasteiger partial charge in [0, 0.05) is 31.6 Å². The Morgan fingerprint density at radius 3 is 2.89 bits per heavy atom. The van der Waals surface area contributed by atoms with Crippen LogP contribution in [0.1, 0.15) is 32.6 Å². The van der Waals surface area contributed by atoms with E-state index in [9.17, 15) is 4.79 Å². The lowest BCUT2D eigenvalue weighted by atomic mass is 9.85. The van der Waals surface area contributed by atoms with E-state index in [1.165, 1.54) is 19.3 Å². The average molecular weight is 251 g/mol. The first-order valence-corrected chi connectivity index (χ1v) is 7.44. The summed E-state index contributed by atoms with van der Waals surface area (Å²) in [5.74, 6) is 1.73. The number of amides is 1. The molecule has 102 valence electrons. The van der Waals surface area contributed by atoms with Crippen LogP contribution in [0, 0.1) is 11.8 Å². The van der Waals surface area contributed by atoms with Crippen LogP contribution in [0.5, 0.6) is 0 Å². The molecule has 2 N–H and O–H groups in total. The average Bonchev–Trinajstić information content (AvgIpc) is 2.95. The largest absolute Gasteiger partial charge is 0.338 e. The van der Waals surface area contributed by atoms with Crippen molar-refractivity contribution in [3.05, 3.63) is 0 Å². The Kier molecular flexibility index (Phi) is 3.32. The molecule has 0 bridgehead atoms. The van der Waals surface area contributed by atoms with Crippen LogP contribution < -0.4 is 5.73 Å². The number of hydrogen-bond acceptors (Lipinski definition) is 3. The van der Waals surface area contributed by atoms with Crippen molar-refractivity contribution < 1.29 is 4.79 Å². The molecule has 1 amide bonds. The predicted octanol–water partition coefficient (Wildman–Crippen LogP) is 0.666. The van der Waals surface area contributed by atoms with Crippen molar-refractivity contribution in [1.82, 2.24) is 9.80 Å². The monoisotopic (exact) mass is 251 g/mol. The Balaban J connectivity index is 1.70. The molecule has 0 aromatic carbocycles. The molecule has 3 aliphatic heterocycles. The highest BCUT2D eigenvalue weighted by atomic mass is 16.2. The minimum Gasteiger partial charge on any atom is -0.338 e. The van der Waals surface area contributed by atoms with Gasteiger partial charge in [-0.1, -0.05) is 6.92 Å². The van der Waals surface area contributed by atoms with Gasteiger partial charge in [0.1, 0.15) is 0 Å². The van der Waals surface area contributed by atoms with E-state index in [-0.39, 0.29) is 0 Å². The molecule has 3 rings (SSSR count). The molecule has 4 nitrogen and oxygen atoms in total. The van der Waals surface area contributed by atoms with Gasteiger partial charge in [-0.05, 0) is 44.2 Å². The number of nitrogens with zero attached hydrogens (tertiary/aromatic N) is 2. The molecule has 4 unspecified atom stereocenters. The summed E-state index contributed by atoms with van der Waals surface area (Å²) < 4.78 is 0. The fourth-order valence-corrected chi connectivity index (χ4v) is 4.09. The highest BCUT2D eigenvalue weighted by molar-refractivity contribution is 5.80. The number of nitrogens with two attached hydrogens (primary N) is 1. The summed E-state index contributed by atoms with van der Waals surface area (Å²) in [5, 5.41) is 0. The highest BCUT2D eigenvalue weighted by Gasteiger charge is 2.45. The molecule has 0 aromatic heterocycles. The standard InChI is InChI=1S/C14H25N3O/c1-10-4-6-16(9-11(10)8-15)13-7-14(18)17-5-2-3-12(13)17/h10-13H,2-9,15H2,1H3. The minimum atomic E-state index is 0.380. The Bertz CT molecular complexity index is 333. The number of carbonyl (C=O) groups is 1. The summed E-state index contributed by atoms with van der Waals surface area (Å²) in [6.45, 7) is 6.34. The summed E-state index contributed by atoms with van der Waals surface area (Å²) in [5.41, 5.74) is 5.88. The number of fused-ring (bicyclic) bond motifs is 1. The topological polar surface area (TPSA) is 49.6 Å². The SMILES string of the molecule is CC1CCN(C2CC(=O)N3CCCC23)CC1CN. The Morgan fingerprint density at radius 2 is 2.11 bits per heavy atom. The molecular weight excluding hydrogens is 226 g/mol. The van der Waals surface area contributed by atoms with E-state index in [0.717, 1.165) is 38.5 Å². The van der Waals surface area contributed by atoms with Crippen LogP contribution in [0.2, 0.25) is 0 Å². The van der Waals surface area contributed by atoms with E-state index < -0.39 is 0 Å². The van der Waals surface area contributed by atoms with Crippen molar-refractivity contribution in [2.24, 2.45) is 17.6 Å². The Morgan fingerprint density at radius 1 is 1.28 bits per heavy atom. The van der Waals surface area contributed by atoms with Crippen molar-refractivity contribution >= 4 is 5.91 Å². The zero-order chi connectivity index (χ0) is 12.7. The second kappa shape index (κ2) is 4.82. The second-order valence-electron chi connectivity index (χ2n) is 6.32. The van der Waals surface area contributed by atoms with Gasteiger partial charge in [0.05, 0.1) is 0 Å². The molecule has 0 spiro atoms. The maximum Gasteiger partial charge on any atom is 0.224 e. The molecule has 3 aliphatic rings. The van der Waals surface area contributed by atoms with Gasteiger partial charge in [0.15, 0.2) is 0 Å². The third-order valence-electron chi connectivity index (χ3n) is 5.36. The predicted molar refractivity (Wildman–Crippen MR) is 71.0 cm³/mol. The van der Waals surface area contributed by atoms with E-state index in [0.29, 0.717) is 23.9 Å². The van der Waals surface area contributed by atoms with Gasteiger partial charge in [0.2, 0.25) is 5.91 Å². The minimum absolute atomic E-state index is 0.380. The van der Waals surface area contributed by atoms with E-state index in [1.807, 2.05) is 0 Å². The molecule has 4 heteroatoms. The van der Waals surface area contributed by atoms with Gasteiger partial charge in [0.25, 0.3) is 0 Å². The van der Waals surface area contributed by atoms with Crippen LogP contribution in [-0.4, -0.2) is 54.0 Å². The molecule has 4 atom stereocenters. The molecule has 0 saturated carbocycles. The van der Waals surface area contributed by atoms with Crippen molar-refractivity contribution in [1.29, 1.82) is 0 Å². The number of piperidine rings is 1. The van der Waals surface area contributed by atoms with Gasteiger partial charge in [-0.3, -0.25) is 9.69 Å². The molecule has 3 heterocycles. The van der Waals surface area contributed by atoms with Gasteiger partial charge in [-0.25, -0.2) is 0 Å². The van der Waals surface area contributed by atoms with Crippen LogP contribution in [0.3, 0.4) is 0 Å². The van der Waals surface area contributed by atoms with E-state index >= 15 is 0 Å². The van der Waals surface area contributed by atoms with Crippen molar-refractivity contribution in [3.63, 3.8) is 0 Å².